The number of carbonyl (C=O) groups excluding carboxylic acids is 1. The Morgan fingerprint density at radius 3 is 2.94 bits per heavy atom. The number of thiophene rings is 1. The number of hydrogen-bond donors (Lipinski definition) is 0. The number of Topliss-reactive ketones (excluding diaryl/α,β-unsaturated/α-hetero) is 1. The second-order valence-corrected chi connectivity index (χ2v) is 4.95. The molecule has 0 unspecified atom stereocenters. The lowest BCUT2D eigenvalue weighted by Crippen LogP contribution is -2.07. The van der Waals surface area contributed by atoms with Gasteiger partial charge in [0.05, 0.1) is 11.4 Å². The van der Waals surface area contributed by atoms with Crippen LogP contribution in [0.1, 0.15) is 9.67 Å². The van der Waals surface area contributed by atoms with Crippen LogP contribution < -0.4 is 0 Å². The van der Waals surface area contributed by atoms with Crippen molar-refractivity contribution in [2.24, 2.45) is 0 Å². The van der Waals surface area contributed by atoms with Crippen molar-refractivity contribution in [3.63, 3.8) is 0 Å². The molecule has 0 amide bonds. The predicted molar refractivity (Wildman–Crippen MR) is 65.2 cm³/mol. The third-order valence-electron chi connectivity index (χ3n) is 2.00. The summed E-state index contributed by atoms with van der Waals surface area (Å²) in [7, 11) is 0. The molecule has 8 heteroatoms. The zero-order valence-corrected chi connectivity index (χ0v) is 10.8. The lowest BCUT2D eigenvalue weighted by Gasteiger charge is -1.98. The van der Waals surface area contributed by atoms with Crippen LogP contribution in [0.5, 0.6) is 0 Å². The van der Waals surface area contributed by atoms with Gasteiger partial charge >= 0.3 is 5.82 Å². The zero-order valence-electron chi connectivity index (χ0n) is 8.37. The zero-order chi connectivity index (χ0) is 12.4. The quantitative estimate of drug-likeness (QED) is 0.493. The number of aromatic nitrogens is 2. The van der Waals surface area contributed by atoms with Crippen LogP contribution in [-0.4, -0.2) is 20.3 Å². The van der Waals surface area contributed by atoms with Gasteiger partial charge in [0, 0.05) is 4.47 Å². The molecule has 0 spiro atoms. The minimum Gasteiger partial charge on any atom is -0.358 e. The van der Waals surface area contributed by atoms with Gasteiger partial charge in [0.2, 0.25) is 6.33 Å². The van der Waals surface area contributed by atoms with Crippen molar-refractivity contribution in [3.8, 4) is 0 Å². The Morgan fingerprint density at radius 1 is 1.65 bits per heavy atom. The van der Waals surface area contributed by atoms with Crippen LogP contribution in [-0.2, 0) is 6.54 Å². The number of halogens is 1. The average molecular weight is 316 g/mol. The second kappa shape index (κ2) is 4.76. The molecule has 0 aliphatic heterocycles. The fraction of sp³-hybridized carbons (Fsp3) is 0.111. The highest BCUT2D eigenvalue weighted by atomic mass is 79.9. The smallest absolute Gasteiger partial charge is 0.358 e. The number of imidazole rings is 1. The first kappa shape index (κ1) is 11.9. The van der Waals surface area contributed by atoms with Gasteiger partial charge in [0.25, 0.3) is 0 Å². The third-order valence-corrected chi connectivity index (χ3v) is 3.88. The molecule has 88 valence electrons. The van der Waals surface area contributed by atoms with Crippen LogP contribution in [0.25, 0.3) is 0 Å². The monoisotopic (exact) mass is 315 g/mol. The molecule has 0 atom stereocenters. The Balaban J connectivity index is 2.13. The molecule has 0 saturated heterocycles. The van der Waals surface area contributed by atoms with Crippen molar-refractivity contribution in [1.29, 1.82) is 0 Å². The summed E-state index contributed by atoms with van der Waals surface area (Å²) in [4.78, 5) is 25.8. The average Bonchev–Trinajstić information content (AvgIpc) is 2.86. The summed E-state index contributed by atoms with van der Waals surface area (Å²) in [6, 6.07) is 1.79. The van der Waals surface area contributed by atoms with Gasteiger partial charge in [-0.3, -0.25) is 4.79 Å². The number of carbonyl (C=O) groups is 1. The number of nitro groups is 1. The van der Waals surface area contributed by atoms with Crippen molar-refractivity contribution < 1.29 is 9.72 Å². The van der Waals surface area contributed by atoms with Crippen LogP contribution in [0, 0.1) is 10.1 Å². The van der Waals surface area contributed by atoms with Crippen molar-refractivity contribution in [1.82, 2.24) is 9.55 Å². The SMILES string of the molecule is O=C(Cn1cnc([N+](=O)[O-])c1)c1sccc1Br. The molecular formula is C9H6BrN3O3S. The summed E-state index contributed by atoms with van der Waals surface area (Å²) < 4.78 is 2.13. The maximum Gasteiger partial charge on any atom is 0.381 e. The van der Waals surface area contributed by atoms with E-state index in [0.29, 0.717) is 4.88 Å². The molecule has 0 fully saturated rings. The van der Waals surface area contributed by atoms with E-state index in [1.807, 2.05) is 0 Å². The van der Waals surface area contributed by atoms with E-state index in [-0.39, 0.29) is 18.1 Å². The van der Waals surface area contributed by atoms with E-state index < -0.39 is 4.92 Å². The first-order valence-electron chi connectivity index (χ1n) is 4.50. The lowest BCUT2D eigenvalue weighted by atomic mass is 10.3. The van der Waals surface area contributed by atoms with Gasteiger partial charge in [-0.05, 0) is 37.3 Å². The van der Waals surface area contributed by atoms with Gasteiger partial charge in [-0.2, -0.15) is 0 Å². The van der Waals surface area contributed by atoms with Crippen molar-refractivity contribution in [2.45, 2.75) is 6.54 Å². The molecule has 2 rings (SSSR count). The number of ketones is 1. The predicted octanol–water partition coefficient (Wildman–Crippen LogP) is 2.50. The van der Waals surface area contributed by atoms with E-state index >= 15 is 0 Å². The summed E-state index contributed by atoms with van der Waals surface area (Å²) >= 11 is 4.59. The van der Waals surface area contributed by atoms with E-state index in [2.05, 4.69) is 20.9 Å². The van der Waals surface area contributed by atoms with Crippen molar-refractivity contribution in [3.05, 3.63) is 43.4 Å². The van der Waals surface area contributed by atoms with E-state index in [9.17, 15) is 14.9 Å². The highest BCUT2D eigenvalue weighted by molar-refractivity contribution is 9.10. The van der Waals surface area contributed by atoms with Crippen LogP contribution in [0.3, 0.4) is 0 Å². The van der Waals surface area contributed by atoms with E-state index in [1.54, 1.807) is 11.4 Å². The molecule has 0 saturated carbocycles. The maximum atomic E-state index is 11.8. The van der Waals surface area contributed by atoms with Gasteiger partial charge in [-0.1, -0.05) is 0 Å². The fourth-order valence-electron chi connectivity index (χ4n) is 1.26. The van der Waals surface area contributed by atoms with Crippen molar-refractivity contribution in [2.75, 3.05) is 0 Å². The molecular weight excluding hydrogens is 310 g/mol. The van der Waals surface area contributed by atoms with Gasteiger partial charge < -0.3 is 14.7 Å². The number of rotatable bonds is 4. The molecule has 2 heterocycles. The summed E-state index contributed by atoms with van der Waals surface area (Å²) in [6.45, 7) is 0.0416. The Labute approximate surface area is 108 Å². The summed E-state index contributed by atoms with van der Waals surface area (Å²) in [5.74, 6) is -0.373. The standard InChI is InChI=1S/C9H6BrN3O3S/c10-6-1-2-17-9(6)7(14)3-12-4-8(11-5-12)13(15)16/h1-2,4-5H,3H2. The molecule has 2 aromatic heterocycles. The molecule has 0 N–H and O–H groups in total. The van der Waals surface area contributed by atoms with E-state index in [4.69, 9.17) is 0 Å². The third kappa shape index (κ3) is 2.59. The van der Waals surface area contributed by atoms with Gasteiger partial charge in [-0.15, -0.1) is 11.3 Å². The number of hydrogen-bond acceptors (Lipinski definition) is 5. The molecule has 6 nitrogen and oxygen atoms in total. The summed E-state index contributed by atoms with van der Waals surface area (Å²) in [6.07, 6.45) is 2.51. The maximum absolute atomic E-state index is 11.8. The molecule has 0 aliphatic carbocycles. The molecule has 2 aromatic rings. The van der Waals surface area contributed by atoms with Crippen LogP contribution in [0.2, 0.25) is 0 Å². The van der Waals surface area contributed by atoms with Gasteiger partial charge in [-0.25, -0.2) is 0 Å². The molecule has 0 radical (unpaired) electrons. The molecule has 0 bridgehead atoms. The van der Waals surface area contributed by atoms with Crippen molar-refractivity contribution >= 4 is 38.9 Å². The highest BCUT2D eigenvalue weighted by Gasteiger charge is 2.15. The largest absolute Gasteiger partial charge is 0.381 e. The Bertz CT molecular complexity index is 578. The Hall–Kier alpha value is -1.54. The second-order valence-electron chi connectivity index (χ2n) is 3.18. The highest BCUT2D eigenvalue weighted by Crippen LogP contribution is 2.23. The minimum atomic E-state index is -0.595. The molecule has 0 aliphatic rings. The van der Waals surface area contributed by atoms with Crippen LogP contribution in [0.15, 0.2) is 28.4 Å². The van der Waals surface area contributed by atoms with E-state index in [1.165, 1.54) is 28.4 Å². The van der Waals surface area contributed by atoms with Crippen LogP contribution >= 0.6 is 27.3 Å². The summed E-state index contributed by atoms with van der Waals surface area (Å²) in [5, 5.41) is 12.2. The van der Waals surface area contributed by atoms with E-state index in [0.717, 1.165) is 4.47 Å². The normalized spacial score (nSPS) is 10.4. The fourth-order valence-corrected chi connectivity index (χ4v) is 2.78. The topological polar surface area (TPSA) is 78.0 Å². The lowest BCUT2D eigenvalue weighted by molar-refractivity contribution is -0.389. The Morgan fingerprint density at radius 2 is 2.41 bits per heavy atom. The minimum absolute atomic E-state index is 0.0416. The Kier molecular flexibility index (Phi) is 3.34. The van der Waals surface area contributed by atoms with Gasteiger partial charge in [0.15, 0.2) is 5.78 Å². The van der Waals surface area contributed by atoms with Gasteiger partial charge in [0.1, 0.15) is 6.20 Å². The first-order chi connectivity index (χ1) is 8.08. The first-order valence-corrected chi connectivity index (χ1v) is 6.17. The molecule has 17 heavy (non-hydrogen) atoms. The number of nitrogens with zero attached hydrogens (tertiary/aromatic N) is 3. The summed E-state index contributed by atoms with van der Waals surface area (Å²) in [5.41, 5.74) is 0. The molecule has 0 aromatic carbocycles. The van der Waals surface area contributed by atoms with Crippen LogP contribution in [0.4, 0.5) is 5.82 Å².